The molecule has 0 radical (unpaired) electrons. The summed E-state index contributed by atoms with van der Waals surface area (Å²) in [6.07, 6.45) is 72.4. The van der Waals surface area contributed by atoms with Crippen molar-refractivity contribution in [3.63, 3.8) is 0 Å². The van der Waals surface area contributed by atoms with Crippen molar-refractivity contribution in [2.45, 2.75) is 238 Å². The molecule has 1 N–H and O–H groups in total. The molecule has 0 rings (SSSR count). The monoisotopic (exact) mass is 821 g/mol. The Labute approximate surface area is 367 Å². The molecule has 0 aromatic rings. The Morgan fingerprint density at radius 2 is 0.763 bits per heavy atom. The van der Waals surface area contributed by atoms with E-state index >= 15 is 0 Å². The van der Waals surface area contributed by atoms with Crippen LogP contribution < -0.4 is 0 Å². The summed E-state index contributed by atoms with van der Waals surface area (Å²) in [5.74, 6) is -0.210. The molecule has 0 spiro atoms. The van der Waals surface area contributed by atoms with Crippen molar-refractivity contribution in [2.75, 3.05) is 19.8 Å². The lowest BCUT2D eigenvalue weighted by molar-refractivity contribution is -0.154. The average Bonchev–Trinajstić information content (AvgIpc) is 3.24. The summed E-state index contributed by atoms with van der Waals surface area (Å²) in [4.78, 5) is 12.3. The first-order chi connectivity index (χ1) is 29.2. The predicted octanol–water partition coefficient (Wildman–Crippen LogP) is 17.1. The maximum absolute atomic E-state index is 12.3. The van der Waals surface area contributed by atoms with Crippen LogP contribution in [0.2, 0.25) is 0 Å². The van der Waals surface area contributed by atoms with Gasteiger partial charge in [-0.25, -0.2) is 0 Å². The first-order valence-corrected chi connectivity index (χ1v) is 25.2. The maximum atomic E-state index is 12.3. The second kappa shape index (κ2) is 51.7. The molecule has 0 aromatic heterocycles. The number of hydrogen-bond donors (Lipinski definition) is 1. The predicted molar refractivity (Wildman–Crippen MR) is 260 cm³/mol. The molecule has 0 aromatic carbocycles. The van der Waals surface area contributed by atoms with Gasteiger partial charge in [0.25, 0.3) is 0 Å². The van der Waals surface area contributed by atoms with Gasteiger partial charge in [0.2, 0.25) is 0 Å². The van der Waals surface area contributed by atoms with Gasteiger partial charge in [-0.1, -0.05) is 221 Å². The number of allylic oxidation sites excluding steroid dienone is 14. The molecule has 1 atom stereocenters. The molecule has 0 saturated carbocycles. The van der Waals surface area contributed by atoms with Gasteiger partial charge in [0.15, 0.2) is 0 Å². The topological polar surface area (TPSA) is 55.8 Å². The van der Waals surface area contributed by atoms with E-state index in [0.717, 1.165) is 57.8 Å². The number of esters is 1. The van der Waals surface area contributed by atoms with Gasteiger partial charge in [0.1, 0.15) is 6.10 Å². The smallest absolute Gasteiger partial charge is 0.306 e. The van der Waals surface area contributed by atoms with Crippen molar-refractivity contribution < 1.29 is 19.4 Å². The first kappa shape index (κ1) is 56.6. The third-order valence-electron chi connectivity index (χ3n) is 10.7. The maximum Gasteiger partial charge on any atom is 0.306 e. The third kappa shape index (κ3) is 49.8. The Morgan fingerprint density at radius 3 is 1.15 bits per heavy atom. The van der Waals surface area contributed by atoms with E-state index in [1.807, 2.05) is 0 Å². The van der Waals surface area contributed by atoms with E-state index in [9.17, 15) is 9.90 Å². The first-order valence-electron chi connectivity index (χ1n) is 25.2. The van der Waals surface area contributed by atoms with Crippen LogP contribution in [0.4, 0.5) is 0 Å². The van der Waals surface area contributed by atoms with Crippen LogP contribution in [-0.4, -0.2) is 37.0 Å². The van der Waals surface area contributed by atoms with Crippen LogP contribution in [0.3, 0.4) is 0 Å². The second-order valence-electron chi connectivity index (χ2n) is 16.5. The molecule has 0 amide bonds. The lowest BCUT2D eigenvalue weighted by Gasteiger charge is -2.16. The van der Waals surface area contributed by atoms with Crippen LogP contribution in [0.15, 0.2) is 85.1 Å². The van der Waals surface area contributed by atoms with Gasteiger partial charge >= 0.3 is 5.97 Å². The number of hydrogen-bond acceptors (Lipinski definition) is 4. The molecule has 0 aliphatic carbocycles. The minimum atomic E-state index is -0.546. The second-order valence-corrected chi connectivity index (χ2v) is 16.5. The highest BCUT2D eigenvalue weighted by atomic mass is 16.6. The van der Waals surface area contributed by atoms with Crippen molar-refractivity contribution in [1.29, 1.82) is 0 Å². The highest BCUT2D eigenvalue weighted by Crippen LogP contribution is 2.14. The summed E-state index contributed by atoms with van der Waals surface area (Å²) in [7, 11) is 0. The summed E-state index contributed by atoms with van der Waals surface area (Å²) in [6, 6.07) is 0. The zero-order chi connectivity index (χ0) is 42.6. The van der Waals surface area contributed by atoms with Crippen molar-refractivity contribution in [3.8, 4) is 0 Å². The van der Waals surface area contributed by atoms with Crippen molar-refractivity contribution >= 4 is 5.97 Å². The molecular weight excluding hydrogens is 725 g/mol. The highest BCUT2D eigenvalue weighted by molar-refractivity contribution is 5.69. The van der Waals surface area contributed by atoms with Gasteiger partial charge in [-0.2, -0.15) is 0 Å². The molecule has 4 nitrogen and oxygen atoms in total. The van der Waals surface area contributed by atoms with E-state index in [-0.39, 0.29) is 19.2 Å². The fourth-order valence-corrected chi connectivity index (χ4v) is 6.97. The molecule has 340 valence electrons. The number of ether oxygens (including phenoxy) is 2. The Hall–Kier alpha value is -2.43. The minimum absolute atomic E-state index is 0.179. The molecule has 0 heterocycles. The number of carbonyl (C=O) groups excluding carboxylic acids is 1. The van der Waals surface area contributed by atoms with E-state index in [4.69, 9.17) is 9.47 Å². The van der Waals surface area contributed by atoms with Crippen molar-refractivity contribution in [2.24, 2.45) is 0 Å². The molecule has 0 saturated heterocycles. The molecule has 1 unspecified atom stereocenters. The number of aliphatic hydroxyl groups excluding tert-OH is 1. The van der Waals surface area contributed by atoms with Crippen LogP contribution in [0.25, 0.3) is 0 Å². The van der Waals surface area contributed by atoms with Gasteiger partial charge < -0.3 is 14.6 Å². The fraction of sp³-hybridized carbons (Fsp3) is 0.727. The molecule has 0 fully saturated rings. The van der Waals surface area contributed by atoms with Gasteiger partial charge in [-0.15, -0.1) is 0 Å². The van der Waals surface area contributed by atoms with E-state index in [2.05, 4.69) is 98.9 Å². The normalized spacial score (nSPS) is 13.1. The third-order valence-corrected chi connectivity index (χ3v) is 10.7. The SMILES string of the molecule is CC/C=C\C/C=C\C/C=C\C/C=C\CCCCCCCCCCCCCOCC(CO)OC(=O)CCCCCCCCCC/C=C\C/C=C\C/C=C\CCCCCCC. The molecule has 0 aliphatic rings. The van der Waals surface area contributed by atoms with Crippen LogP contribution in [0.1, 0.15) is 232 Å². The minimum Gasteiger partial charge on any atom is -0.457 e. The number of rotatable bonds is 46. The van der Waals surface area contributed by atoms with Crippen molar-refractivity contribution in [3.05, 3.63) is 85.1 Å². The van der Waals surface area contributed by atoms with E-state index in [1.54, 1.807) is 0 Å². The lowest BCUT2D eigenvalue weighted by Crippen LogP contribution is -2.27. The summed E-state index contributed by atoms with van der Waals surface area (Å²) < 4.78 is 11.2. The Bertz CT molecular complexity index is 1050. The molecule has 59 heavy (non-hydrogen) atoms. The van der Waals surface area contributed by atoms with Gasteiger partial charge in [-0.3, -0.25) is 4.79 Å². The zero-order valence-corrected chi connectivity index (χ0v) is 39.0. The Kier molecular flexibility index (Phi) is 49.6. The number of carbonyl (C=O) groups is 1. The lowest BCUT2D eigenvalue weighted by atomic mass is 10.1. The van der Waals surface area contributed by atoms with Gasteiger partial charge in [0, 0.05) is 13.0 Å². The average molecular weight is 821 g/mol. The van der Waals surface area contributed by atoms with E-state index < -0.39 is 6.10 Å². The Morgan fingerprint density at radius 1 is 0.424 bits per heavy atom. The summed E-state index contributed by atoms with van der Waals surface area (Å²) in [5, 5.41) is 9.65. The van der Waals surface area contributed by atoms with Crippen LogP contribution >= 0.6 is 0 Å². The molecular formula is C55H96O4. The quantitative estimate of drug-likeness (QED) is 0.0378. The Balaban J connectivity index is 3.46. The molecule has 4 heteroatoms. The van der Waals surface area contributed by atoms with E-state index in [1.165, 1.54) is 154 Å². The van der Waals surface area contributed by atoms with Crippen molar-refractivity contribution in [1.82, 2.24) is 0 Å². The highest BCUT2D eigenvalue weighted by Gasteiger charge is 2.13. The van der Waals surface area contributed by atoms with Crippen LogP contribution in [-0.2, 0) is 14.3 Å². The number of aliphatic hydroxyl groups is 1. The largest absolute Gasteiger partial charge is 0.457 e. The standard InChI is InChI=1S/C55H96O4/c1-3-5-7-9-11-13-15-17-19-21-23-25-27-29-31-33-35-37-39-41-43-45-47-49-51-58-53-54(52-56)59-55(57)50-48-46-44-42-40-38-36-34-32-30-28-26-24-22-20-18-16-14-12-10-8-6-4-2/h5,7,11,13,16-19,22-25,28,30,54,56H,3-4,6,8-10,12,14-15,20-21,26-27,29,31-53H2,1-2H3/b7-5-,13-11-,18-16-,19-17-,24-22-,25-23-,30-28-. The summed E-state index contributed by atoms with van der Waals surface area (Å²) in [6.45, 7) is 5.22. The fourth-order valence-electron chi connectivity index (χ4n) is 6.97. The zero-order valence-electron chi connectivity index (χ0n) is 39.0. The van der Waals surface area contributed by atoms with Crippen LogP contribution in [0.5, 0.6) is 0 Å². The molecule has 0 aliphatic heterocycles. The van der Waals surface area contributed by atoms with Gasteiger partial charge in [-0.05, 0) is 89.9 Å². The van der Waals surface area contributed by atoms with Gasteiger partial charge in [0.05, 0.1) is 13.2 Å². The molecule has 0 bridgehead atoms. The summed E-state index contributed by atoms with van der Waals surface area (Å²) in [5.41, 5.74) is 0. The summed E-state index contributed by atoms with van der Waals surface area (Å²) >= 11 is 0. The van der Waals surface area contributed by atoms with Crippen LogP contribution in [0, 0.1) is 0 Å². The van der Waals surface area contributed by atoms with E-state index in [0.29, 0.717) is 13.0 Å². The number of unbranched alkanes of at least 4 members (excludes halogenated alkanes) is 24.